The Morgan fingerprint density at radius 3 is 2.30 bits per heavy atom. The number of carbonyl (C=O) groups excluding carboxylic acids is 2. The first-order valence-electron chi connectivity index (χ1n) is 5.70. The van der Waals surface area contributed by atoms with Crippen molar-refractivity contribution in [3.63, 3.8) is 0 Å². The van der Waals surface area contributed by atoms with Crippen LogP contribution in [0, 0.1) is 0 Å². The van der Waals surface area contributed by atoms with Crippen molar-refractivity contribution >= 4 is 30.6 Å². The van der Waals surface area contributed by atoms with E-state index in [2.05, 4.69) is 0 Å². The van der Waals surface area contributed by atoms with Gasteiger partial charge >= 0.3 is 11.9 Å². The molecule has 0 atom stereocenters. The highest BCUT2D eigenvalue weighted by molar-refractivity contribution is 5.98. The number of hydrogen-bond donors (Lipinski definition) is 2. The summed E-state index contributed by atoms with van der Waals surface area (Å²) in [4.78, 5) is 43.1. The van der Waals surface area contributed by atoms with Gasteiger partial charge in [0.05, 0.1) is 11.1 Å². The average Bonchev–Trinajstić information content (AvgIpc) is 2.41. The third-order valence-corrected chi connectivity index (χ3v) is 2.60. The van der Waals surface area contributed by atoms with Crippen molar-refractivity contribution < 1.29 is 29.4 Å². The van der Waals surface area contributed by atoms with Crippen LogP contribution in [0.2, 0.25) is 0 Å². The summed E-state index contributed by atoms with van der Waals surface area (Å²) in [6.45, 7) is 0. The minimum atomic E-state index is -1.24. The van der Waals surface area contributed by atoms with Crippen molar-refractivity contribution in [1.82, 2.24) is 0 Å². The van der Waals surface area contributed by atoms with E-state index in [0.717, 1.165) is 6.08 Å². The summed E-state index contributed by atoms with van der Waals surface area (Å²) in [6.07, 6.45) is 3.60. The van der Waals surface area contributed by atoms with E-state index in [4.69, 9.17) is 5.11 Å². The van der Waals surface area contributed by atoms with Crippen LogP contribution in [0.25, 0.3) is 6.08 Å². The lowest BCUT2D eigenvalue weighted by atomic mass is 9.94. The number of aromatic carboxylic acids is 2. The summed E-state index contributed by atoms with van der Waals surface area (Å²) >= 11 is 0. The van der Waals surface area contributed by atoms with Crippen LogP contribution in [-0.2, 0) is 16.0 Å². The van der Waals surface area contributed by atoms with Crippen LogP contribution >= 0.6 is 0 Å². The monoisotopic (exact) mass is 276 g/mol. The van der Waals surface area contributed by atoms with Crippen molar-refractivity contribution in [1.29, 1.82) is 0 Å². The summed E-state index contributed by atoms with van der Waals surface area (Å²) in [6, 6.07) is 2.41. The zero-order chi connectivity index (χ0) is 15.1. The number of rotatable bonds is 7. The van der Waals surface area contributed by atoms with Crippen LogP contribution < -0.4 is 0 Å². The van der Waals surface area contributed by atoms with E-state index in [0.29, 0.717) is 12.6 Å². The summed E-state index contributed by atoms with van der Waals surface area (Å²) in [7, 11) is 0. The minimum Gasteiger partial charge on any atom is -0.478 e. The van der Waals surface area contributed by atoms with Crippen LogP contribution in [0.4, 0.5) is 0 Å². The third kappa shape index (κ3) is 3.61. The molecule has 0 saturated carbocycles. The summed E-state index contributed by atoms with van der Waals surface area (Å²) in [5.41, 5.74) is 0.164. The minimum absolute atomic E-state index is 0.0835. The lowest BCUT2D eigenvalue weighted by Gasteiger charge is -2.10. The second-order valence-electron chi connectivity index (χ2n) is 3.91. The van der Waals surface area contributed by atoms with E-state index in [-0.39, 0.29) is 35.1 Å². The molecular weight excluding hydrogens is 264 g/mol. The molecule has 6 heteroatoms. The molecule has 0 spiro atoms. The Balaban J connectivity index is 3.51. The van der Waals surface area contributed by atoms with Crippen molar-refractivity contribution in [2.24, 2.45) is 0 Å². The van der Waals surface area contributed by atoms with E-state index in [1.165, 1.54) is 18.2 Å². The molecule has 0 aliphatic carbocycles. The van der Waals surface area contributed by atoms with Gasteiger partial charge in [-0.15, -0.1) is 0 Å². The van der Waals surface area contributed by atoms with Crippen molar-refractivity contribution in [2.45, 2.75) is 12.8 Å². The van der Waals surface area contributed by atoms with Gasteiger partial charge in [0.1, 0.15) is 12.6 Å². The molecule has 0 radical (unpaired) electrons. The highest BCUT2D eigenvalue weighted by atomic mass is 16.4. The standard InChI is InChI=1S/C14H12O6/c15-5-1-3-9-7-11(13(17)18)8-10(4-2-6-16)12(9)14(19)20/h1,3,5-8H,2,4H2,(H,17,18)(H,19,20)/b3-1+. The molecule has 1 rings (SSSR count). The van der Waals surface area contributed by atoms with Gasteiger partial charge in [-0.2, -0.15) is 0 Å². The highest BCUT2D eigenvalue weighted by Crippen LogP contribution is 2.21. The number of carboxylic acid groups (broad SMARTS) is 2. The number of allylic oxidation sites excluding steroid dienone is 1. The topological polar surface area (TPSA) is 109 Å². The second kappa shape index (κ2) is 6.98. The zero-order valence-electron chi connectivity index (χ0n) is 10.4. The fourth-order valence-electron chi connectivity index (χ4n) is 1.80. The van der Waals surface area contributed by atoms with Crippen molar-refractivity contribution in [3.05, 3.63) is 40.5 Å². The Kier molecular flexibility index (Phi) is 5.34. The number of hydrogen-bond acceptors (Lipinski definition) is 4. The molecule has 20 heavy (non-hydrogen) atoms. The maximum absolute atomic E-state index is 11.3. The van der Waals surface area contributed by atoms with Gasteiger partial charge in [-0.1, -0.05) is 6.08 Å². The second-order valence-corrected chi connectivity index (χ2v) is 3.91. The summed E-state index contributed by atoms with van der Waals surface area (Å²) < 4.78 is 0. The molecule has 0 bridgehead atoms. The van der Waals surface area contributed by atoms with Gasteiger partial charge in [0, 0.05) is 6.42 Å². The molecule has 1 aromatic carbocycles. The molecule has 104 valence electrons. The molecule has 2 N–H and O–H groups in total. The first-order chi connectivity index (χ1) is 9.51. The van der Waals surface area contributed by atoms with Gasteiger partial charge in [0.15, 0.2) is 0 Å². The average molecular weight is 276 g/mol. The normalized spacial score (nSPS) is 10.4. The van der Waals surface area contributed by atoms with Gasteiger partial charge in [-0.3, -0.25) is 4.79 Å². The molecule has 0 fully saturated rings. The smallest absolute Gasteiger partial charge is 0.336 e. The summed E-state index contributed by atoms with van der Waals surface area (Å²) in [5, 5.41) is 18.2. The Morgan fingerprint density at radius 2 is 1.80 bits per heavy atom. The molecule has 6 nitrogen and oxygen atoms in total. The van der Waals surface area contributed by atoms with Crippen LogP contribution in [-0.4, -0.2) is 34.7 Å². The molecule has 0 unspecified atom stereocenters. The number of benzene rings is 1. The molecule has 1 aromatic rings. The SMILES string of the molecule is O=C/C=C/c1cc(C(=O)O)cc(CCC=O)c1C(=O)O. The van der Waals surface area contributed by atoms with Crippen LogP contribution in [0.3, 0.4) is 0 Å². The van der Waals surface area contributed by atoms with Crippen molar-refractivity contribution in [2.75, 3.05) is 0 Å². The van der Waals surface area contributed by atoms with E-state index in [1.807, 2.05) is 0 Å². The Labute approximate surface area is 114 Å². The number of carboxylic acids is 2. The van der Waals surface area contributed by atoms with Gasteiger partial charge in [0.25, 0.3) is 0 Å². The quantitative estimate of drug-likeness (QED) is 0.576. The van der Waals surface area contributed by atoms with Crippen LogP contribution in [0.1, 0.15) is 38.3 Å². The molecule has 0 aromatic heterocycles. The van der Waals surface area contributed by atoms with Crippen LogP contribution in [0.15, 0.2) is 18.2 Å². The van der Waals surface area contributed by atoms with E-state index >= 15 is 0 Å². The highest BCUT2D eigenvalue weighted by Gasteiger charge is 2.17. The first-order valence-corrected chi connectivity index (χ1v) is 5.70. The number of carbonyl (C=O) groups is 4. The Hall–Kier alpha value is -2.76. The van der Waals surface area contributed by atoms with E-state index < -0.39 is 11.9 Å². The Morgan fingerprint density at radius 1 is 1.10 bits per heavy atom. The van der Waals surface area contributed by atoms with Crippen LogP contribution in [0.5, 0.6) is 0 Å². The first kappa shape index (κ1) is 15.3. The predicted molar refractivity (Wildman–Crippen MR) is 69.8 cm³/mol. The Bertz CT molecular complexity index is 586. The lowest BCUT2D eigenvalue weighted by Crippen LogP contribution is -2.09. The maximum Gasteiger partial charge on any atom is 0.336 e. The fraction of sp³-hybridized carbons (Fsp3) is 0.143. The lowest BCUT2D eigenvalue weighted by molar-refractivity contribution is -0.107. The molecule has 0 saturated heterocycles. The molecular formula is C14H12O6. The largest absolute Gasteiger partial charge is 0.478 e. The van der Waals surface area contributed by atoms with Gasteiger partial charge in [-0.05, 0) is 35.8 Å². The van der Waals surface area contributed by atoms with Gasteiger partial charge in [0.2, 0.25) is 0 Å². The number of aldehydes is 2. The van der Waals surface area contributed by atoms with E-state index in [9.17, 15) is 24.3 Å². The number of aryl methyl sites for hydroxylation is 1. The van der Waals surface area contributed by atoms with Crippen molar-refractivity contribution in [3.8, 4) is 0 Å². The third-order valence-electron chi connectivity index (χ3n) is 2.60. The maximum atomic E-state index is 11.3. The predicted octanol–water partition coefficient (Wildman–Crippen LogP) is 1.43. The van der Waals surface area contributed by atoms with Gasteiger partial charge in [-0.25, -0.2) is 9.59 Å². The van der Waals surface area contributed by atoms with Gasteiger partial charge < -0.3 is 15.0 Å². The fourth-order valence-corrected chi connectivity index (χ4v) is 1.80. The molecule has 0 amide bonds. The molecule has 0 heterocycles. The molecule has 0 aliphatic rings. The van der Waals surface area contributed by atoms with E-state index in [1.54, 1.807) is 0 Å². The molecule has 0 aliphatic heterocycles. The zero-order valence-corrected chi connectivity index (χ0v) is 10.4. The summed E-state index contributed by atoms with van der Waals surface area (Å²) in [5.74, 6) is -2.46.